The first-order valence-electron chi connectivity index (χ1n) is 5.22. The lowest BCUT2D eigenvalue weighted by Gasteiger charge is -2.27. The number of phenolic OH excluding ortho intramolecular Hbond substituents is 1. The average molecular weight is 219 g/mol. The maximum Gasteiger partial charge on any atom is 0.117 e. The molecule has 0 aromatic heterocycles. The van der Waals surface area contributed by atoms with Crippen LogP contribution in [0, 0.1) is 20.8 Å². The molecule has 0 spiro atoms. The van der Waals surface area contributed by atoms with E-state index in [-0.39, 0.29) is 5.41 Å². The van der Waals surface area contributed by atoms with Gasteiger partial charge in [-0.1, -0.05) is 20.8 Å². The molecule has 0 aliphatic heterocycles. The molecular formula is C13H19OSi. The summed E-state index contributed by atoms with van der Waals surface area (Å²) in [6.07, 6.45) is 0. The Morgan fingerprint density at radius 1 is 0.933 bits per heavy atom. The molecule has 1 N–H and O–H groups in total. The van der Waals surface area contributed by atoms with Crippen LogP contribution in [0.1, 0.15) is 43.0 Å². The van der Waals surface area contributed by atoms with Gasteiger partial charge in [0.05, 0.1) is 10.2 Å². The molecule has 3 radical (unpaired) electrons. The molecule has 0 saturated carbocycles. The van der Waals surface area contributed by atoms with Gasteiger partial charge in [-0.05, 0) is 53.6 Å². The standard InChI is InChI=1S/C13H19OSi/c1-7-8(2)10(13(4,5)6)12(15)11(14)9(7)3/h14H,1-6H3. The van der Waals surface area contributed by atoms with Gasteiger partial charge in [-0.15, -0.1) is 0 Å². The summed E-state index contributed by atoms with van der Waals surface area (Å²) >= 11 is 0. The van der Waals surface area contributed by atoms with Gasteiger partial charge in [-0.3, -0.25) is 0 Å². The normalized spacial score (nSPS) is 11.9. The Bertz CT molecular complexity index is 371. The van der Waals surface area contributed by atoms with Crippen molar-refractivity contribution in [1.29, 1.82) is 0 Å². The van der Waals surface area contributed by atoms with Crippen LogP contribution >= 0.6 is 0 Å². The second kappa shape index (κ2) is 3.67. The van der Waals surface area contributed by atoms with Crippen molar-refractivity contribution in [3.8, 4) is 5.75 Å². The fraction of sp³-hybridized carbons (Fsp3) is 0.538. The molecule has 15 heavy (non-hydrogen) atoms. The molecule has 2 heteroatoms. The van der Waals surface area contributed by atoms with Gasteiger partial charge in [0, 0.05) is 0 Å². The summed E-state index contributed by atoms with van der Waals surface area (Å²) in [7, 11) is 3.56. The molecule has 0 heterocycles. The van der Waals surface area contributed by atoms with E-state index in [0.29, 0.717) is 5.75 Å². The molecule has 0 aliphatic rings. The van der Waals surface area contributed by atoms with Gasteiger partial charge in [0.25, 0.3) is 0 Å². The third-order valence-electron chi connectivity index (χ3n) is 3.09. The van der Waals surface area contributed by atoms with E-state index in [9.17, 15) is 5.11 Å². The monoisotopic (exact) mass is 219 g/mol. The van der Waals surface area contributed by atoms with Crippen LogP contribution in [0.15, 0.2) is 0 Å². The predicted octanol–water partition coefficient (Wildman–Crippen LogP) is 2.41. The second-order valence-electron chi connectivity index (χ2n) is 5.22. The number of hydrogen-bond donors (Lipinski definition) is 1. The van der Waals surface area contributed by atoms with E-state index in [1.54, 1.807) is 0 Å². The first-order valence-corrected chi connectivity index (χ1v) is 5.72. The smallest absolute Gasteiger partial charge is 0.117 e. The molecule has 0 aliphatic carbocycles. The maximum absolute atomic E-state index is 10.0. The van der Waals surface area contributed by atoms with Gasteiger partial charge in [-0.25, -0.2) is 0 Å². The molecule has 0 unspecified atom stereocenters. The number of phenols is 1. The number of benzene rings is 1. The Kier molecular flexibility index (Phi) is 3.01. The Morgan fingerprint density at radius 2 is 1.40 bits per heavy atom. The highest BCUT2D eigenvalue weighted by Crippen LogP contribution is 2.31. The zero-order chi connectivity index (χ0) is 12.0. The minimum Gasteiger partial charge on any atom is -0.508 e. The maximum atomic E-state index is 10.0. The van der Waals surface area contributed by atoms with Crippen LogP contribution in [0.4, 0.5) is 0 Å². The van der Waals surface area contributed by atoms with E-state index in [1.165, 1.54) is 16.7 Å². The fourth-order valence-electron chi connectivity index (χ4n) is 2.08. The molecule has 1 aromatic rings. The summed E-state index contributed by atoms with van der Waals surface area (Å²) in [5.41, 5.74) is 4.64. The average Bonchev–Trinajstić information content (AvgIpc) is 2.09. The van der Waals surface area contributed by atoms with Gasteiger partial charge >= 0.3 is 0 Å². The molecule has 81 valence electrons. The summed E-state index contributed by atoms with van der Waals surface area (Å²) in [5.74, 6) is 0.375. The molecule has 0 amide bonds. The largest absolute Gasteiger partial charge is 0.508 e. The van der Waals surface area contributed by atoms with Crippen LogP contribution in [0.25, 0.3) is 0 Å². The zero-order valence-corrected chi connectivity index (χ0v) is 11.4. The topological polar surface area (TPSA) is 20.2 Å². The highest BCUT2D eigenvalue weighted by Gasteiger charge is 2.23. The third-order valence-corrected chi connectivity index (χ3v) is 3.58. The van der Waals surface area contributed by atoms with Crippen LogP contribution in [-0.2, 0) is 5.41 Å². The van der Waals surface area contributed by atoms with Crippen molar-refractivity contribution in [1.82, 2.24) is 0 Å². The molecule has 1 aromatic carbocycles. The fourth-order valence-corrected chi connectivity index (χ4v) is 2.83. The van der Waals surface area contributed by atoms with E-state index >= 15 is 0 Å². The van der Waals surface area contributed by atoms with E-state index in [1.807, 2.05) is 6.92 Å². The first kappa shape index (κ1) is 12.3. The summed E-state index contributed by atoms with van der Waals surface area (Å²) in [4.78, 5) is 0. The summed E-state index contributed by atoms with van der Waals surface area (Å²) in [6.45, 7) is 12.6. The van der Waals surface area contributed by atoms with Gasteiger partial charge in [0.2, 0.25) is 0 Å². The van der Waals surface area contributed by atoms with E-state index in [2.05, 4.69) is 44.9 Å². The number of hydrogen-bond acceptors (Lipinski definition) is 1. The van der Waals surface area contributed by atoms with Crippen molar-refractivity contribution in [2.45, 2.75) is 47.0 Å². The highest BCUT2D eigenvalue weighted by atomic mass is 28.1. The van der Waals surface area contributed by atoms with Gasteiger partial charge in [0.1, 0.15) is 5.75 Å². The Labute approximate surface area is 96.0 Å². The van der Waals surface area contributed by atoms with Gasteiger partial charge in [0.15, 0.2) is 0 Å². The van der Waals surface area contributed by atoms with E-state index < -0.39 is 0 Å². The highest BCUT2D eigenvalue weighted by molar-refractivity contribution is 6.35. The molecule has 0 fully saturated rings. The Balaban J connectivity index is 3.68. The zero-order valence-electron chi connectivity index (χ0n) is 10.4. The van der Waals surface area contributed by atoms with Crippen LogP contribution < -0.4 is 5.19 Å². The first-order chi connectivity index (χ1) is 6.68. The van der Waals surface area contributed by atoms with Crippen LogP contribution in [0.5, 0.6) is 5.75 Å². The number of rotatable bonds is 0. The third kappa shape index (κ3) is 1.96. The van der Waals surface area contributed by atoms with Gasteiger partial charge < -0.3 is 5.11 Å². The summed E-state index contributed by atoms with van der Waals surface area (Å²) < 4.78 is 0. The van der Waals surface area contributed by atoms with Crippen molar-refractivity contribution >= 4 is 15.4 Å². The lowest BCUT2D eigenvalue weighted by molar-refractivity contribution is 0.471. The second-order valence-corrected chi connectivity index (χ2v) is 5.72. The lowest BCUT2D eigenvalue weighted by atomic mass is 9.81. The number of aromatic hydroxyl groups is 1. The minimum absolute atomic E-state index is 0.0388. The van der Waals surface area contributed by atoms with Crippen molar-refractivity contribution in [3.05, 3.63) is 22.3 Å². The molecule has 1 nitrogen and oxygen atoms in total. The Morgan fingerprint density at radius 3 is 1.80 bits per heavy atom. The van der Waals surface area contributed by atoms with Gasteiger partial charge in [-0.2, -0.15) is 0 Å². The quantitative estimate of drug-likeness (QED) is 0.664. The summed E-state index contributed by atoms with van der Waals surface area (Å²) in [5, 5.41) is 10.8. The molecule has 0 atom stereocenters. The predicted molar refractivity (Wildman–Crippen MR) is 66.4 cm³/mol. The molecular weight excluding hydrogens is 200 g/mol. The van der Waals surface area contributed by atoms with Crippen LogP contribution in [-0.4, -0.2) is 15.3 Å². The van der Waals surface area contributed by atoms with E-state index in [4.69, 9.17) is 0 Å². The Hall–Kier alpha value is -0.763. The van der Waals surface area contributed by atoms with E-state index in [0.717, 1.165) is 10.8 Å². The van der Waals surface area contributed by atoms with Crippen molar-refractivity contribution in [2.75, 3.05) is 0 Å². The molecule has 0 bridgehead atoms. The molecule has 1 rings (SSSR count). The van der Waals surface area contributed by atoms with Crippen molar-refractivity contribution < 1.29 is 5.11 Å². The van der Waals surface area contributed by atoms with Crippen molar-refractivity contribution in [2.24, 2.45) is 0 Å². The van der Waals surface area contributed by atoms with Crippen molar-refractivity contribution in [3.63, 3.8) is 0 Å². The minimum atomic E-state index is 0.0388. The van der Waals surface area contributed by atoms with Crippen LogP contribution in [0.2, 0.25) is 0 Å². The SMILES string of the molecule is Cc1c(C)c(O)c([Si])c(C(C)(C)C)c1C. The molecule has 0 saturated heterocycles. The summed E-state index contributed by atoms with van der Waals surface area (Å²) in [6, 6.07) is 0. The van der Waals surface area contributed by atoms with Crippen LogP contribution in [0.3, 0.4) is 0 Å². The lowest BCUT2D eigenvalue weighted by Crippen LogP contribution is -2.26.